The third-order valence-corrected chi connectivity index (χ3v) is 6.07. The first kappa shape index (κ1) is 20.2. The van der Waals surface area contributed by atoms with Gasteiger partial charge in [-0.15, -0.1) is 0 Å². The number of nitrogens with zero attached hydrogens (tertiary/aromatic N) is 1. The number of carboxylic acids is 1. The molecule has 0 saturated carbocycles. The highest BCUT2D eigenvalue weighted by Crippen LogP contribution is 2.32. The van der Waals surface area contributed by atoms with Gasteiger partial charge in [-0.25, -0.2) is 0 Å². The number of aliphatic carboxylic acids is 1. The molecule has 2 N–H and O–H groups in total. The van der Waals surface area contributed by atoms with Gasteiger partial charge in [-0.1, -0.05) is 54.0 Å². The fraction of sp³-hybridized carbons (Fsp3) is 0.360. The standard InChI is InChI=1S/C25H27NO4/c27-25(28)19(12-11-17-7-3-1-4-8-17)15-22(26-29)18-13-14-21-20-9-5-2-6-10-23(20)30-24(21)16-18/h1,3-4,7-8,13-14,16,19,29H,2,5-6,9-12,15H2,(H,27,28)/b26-22-. The van der Waals surface area contributed by atoms with Crippen molar-refractivity contribution in [3.8, 4) is 0 Å². The molecule has 1 aromatic heterocycles. The molecule has 30 heavy (non-hydrogen) atoms. The van der Waals surface area contributed by atoms with Gasteiger partial charge in [-0.2, -0.15) is 0 Å². The quantitative estimate of drug-likeness (QED) is 0.232. The number of benzene rings is 2. The molecule has 5 nitrogen and oxygen atoms in total. The van der Waals surface area contributed by atoms with Crippen molar-refractivity contribution in [2.75, 3.05) is 0 Å². The molecule has 4 rings (SSSR count). The van der Waals surface area contributed by atoms with E-state index in [4.69, 9.17) is 4.42 Å². The molecule has 0 fully saturated rings. The van der Waals surface area contributed by atoms with Gasteiger partial charge in [0.2, 0.25) is 0 Å². The van der Waals surface area contributed by atoms with Gasteiger partial charge < -0.3 is 14.7 Å². The van der Waals surface area contributed by atoms with Crippen LogP contribution in [0.1, 0.15) is 54.6 Å². The molecule has 0 radical (unpaired) electrons. The smallest absolute Gasteiger partial charge is 0.306 e. The number of carbonyl (C=O) groups is 1. The van der Waals surface area contributed by atoms with Gasteiger partial charge in [0.05, 0.1) is 11.6 Å². The lowest BCUT2D eigenvalue weighted by atomic mass is 9.91. The Balaban J connectivity index is 1.53. The summed E-state index contributed by atoms with van der Waals surface area (Å²) in [4.78, 5) is 11.8. The Bertz CT molecular complexity index is 1050. The average molecular weight is 405 g/mol. The summed E-state index contributed by atoms with van der Waals surface area (Å²) in [6, 6.07) is 15.6. The van der Waals surface area contributed by atoms with Gasteiger partial charge in [-0.3, -0.25) is 4.79 Å². The van der Waals surface area contributed by atoms with Crippen LogP contribution in [0.5, 0.6) is 0 Å². The highest BCUT2D eigenvalue weighted by Gasteiger charge is 2.23. The molecule has 1 aliphatic rings. The van der Waals surface area contributed by atoms with E-state index in [0.29, 0.717) is 24.1 Å². The van der Waals surface area contributed by atoms with E-state index in [2.05, 4.69) is 5.16 Å². The molecule has 1 aliphatic carbocycles. The minimum atomic E-state index is -0.877. The number of fused-ring (bicyclic) bond motifs is 3. The second-order valence-corrected chi connectivity index (χ2v) is 8.09. The van der Waals surface area contributed by atoms with Crippen LogP contribution in [-0.2, 0) is 24.1 Å². The van der Waals surface area contributed by atoms with Crippen molar-refractivity contribution in [1.29, 1.82) is 0 Å². The number of furan rings is 1. The molecule has 0 aliphatic heterocycles. The summed E-state index contributed by atoms with van der Waals surface area (Å²) in [6.07, 6.45) is 6.86. The number of aryl methyl sites for hydroxylation is 3. The Kier molecular flexibility index (Phi) is 6.17. The van der Waals surface area contributed by atoms with Crippen LogP contribution in [0.4, 0.5) is 0 Å². The number of oxime groups is 1. The lowest BCUT2D eigenvalue weighted by Crippen LogP contribution is -2.19. The maximum Gasteiger partial charge on any atom is 0.306 e. The Morgan fingerprint density at radius 1 is 1.07 bits per heavy atom. The van der Waals surface area contributed by atoms with Crippen molar-refractivity contribution in [3.63, 3.8) is 0 Å². The summed E-state index contributed by atoms with van der Waals surface area (Å²) in [5, 5.41) is 23.9. The molecule has 1 atom stereocenters. The zero-order valence-electron chi connectivity index (χ0n) is 17.0. The number of hydrogen-bond acceptors (Lipinski definition) is 4. The molecule has 0 amide bonds. The van der Waals surface area contributed by atoms with Gasteiger partial charge in [0.1, 0.15) is 11.3 Å². The zero-order valence-corrected chi connectivity index (χ0v) is 17.0. The second-order valence-electron chi connectivity index (χ2n) is 8.09. The van der Waals surface area contributed by atoms with E-state index in [1.54, 1.807) is 0 Å². The van der Waals surface area contributed by atoms with Crippen molar-refractivity contribution in [2.24, 2.45) is 11.1 Å². The number of hydrogen-bond donors (Lipinski definition) is 2. The molecule has 3 aromatic rings. The summed E-state index contributed by atoms with van der Waals surface area (Å²) < 4.78 is 6.11. The molecule has 156 valence electrons. The van der Waals surface area contributed by atoms with Crippen molar-refractivity contribution in [1.82, 2.24) is 0 Å². The maximum absolute atomic E-state index is 11.8. The predicted molar refractivity (Wildman–Crippen MR) is 116 cm³/mol. The first-order chi connectivity index (χ1) is 14.7. The second kappa shape index (κ2) is 9.16. The van der Waals surface area contributed by atoms with Gasteiger partial charge in [0.15, 0.2) is 0 Å². The molecule has 1 heterocycles. The van der Waals surface area contributed by atoms with E-state index in [0.717, 1.165) is 41.6 Å². The Labute approximate surface area is 176 Å². The SMILES string of the molecule is O=C(O)C(CCc1ccccc1)C/C(=N/O)c1ccc2c3c(oc2c1)CCCCC3. The minimum absolute atomic E-state index is 0.171. The lowest BCUT2D eigenvalue weighted by Gasteiger charge is -2.13. The normalized spacial score (nSPS) is 15.5. The van der Waals surface area contributed by atoms with E-state index < -0.39 is 11.9 Å². The molecule has 2 aromatic carbocycles. The first-order valence-corrected chi connectivity index (χ1v) is 10.7. The summed E-state index contributed by atoms with van der Waals surface area (Å²) in [7, 11) is 0. The summed E-state index contributed by atoms with van der Waals surface area (Å²) in [5.74, 6) is -0.439. The molecule has 5 heteroatoms. The third-order valence-electron chi connectivity index (χ3n) is 6.07. The van der Waals surface area contributed by atoms with Crippen LogP contribution < -0.4 is 0 Å². The van der Waals surface area contributed by atoms with Crippen LogP contribution >= 0.6 is 0 Å². The van der Waals surface area contributed by atoms with Crippen molar-refractivity contribution >= 4 is 22.7 Å². The monoisotopic (exact) mass is 405 g/mol. The Morgan fingerprint density at radius 2 is 1.87 bits per heavy atom. The van der Waals surface area contributed by atoms with Crippen LogP contribution in [0.2, 0.25) is 0 Å². The van der Waals surface area contributed by atoms with Crippen molar-refractivity contribution < 1.29 is 19.5 Å². The third kappa shape index (κ3) is 4.40. The fourth-order valence-electron chi connectivity index (χ4n) is 4.37. The topological polar surface area (TPSA) is 83.0 Å². The van der Waals surface area contributed by atoms with Crippen LogP contribution in [0.3, 0.4) is 0 Å². The molecular weight excluding hydrogens is 378 g/mol. The fourth-order valence-corrected chi connectivity index (χ4v) is 4.37. The van der Waals surface area contributed by atoms with E-state index >= 15 is 0 Å². The Morgan fingerprint density at radius 3 is 2.63 bits per heavy atom. The van der Waals surface area contributed by atoms with Crippen molar-refractivity contribution in [2.45, 2.75) is 51.4 Å². The van der Waals surface area contributed by atoms with Crippen LogP contribution in [-0.4, -0.2) is 22.0 Å². The molecule has 0 saturated heterocycles. The van der Waals surface area contributed by atoms with Crippen molar-refractivity contribution in [3.05, 3.63) is 71.0 Å². The maximum atomic E-state index is 11.8. The lowest BCUT2D eigenvalue weighted by molar-refractivity contribution is -0.141. The van der Waals surface area contributed by atoms with Crippen LogP contribution in [0.15, 0.2) is 58.1 Å². The highest BCUT2D eigenvalue weighted by atomic mass is 16.4. The van der Waals surface area contributed by atoms with Gasteiger partial charge in [-0.05, 0) is 43.7 Å². The summed E-state index contributed by atoms with van der Waals surface area (Å²) in [5.41, 5.74) is 4.27. The van der Waals surface area contributed by atoms with E-state index in [-0.39, 0.29) is 6.42 Å². The van der Waals surface area contributed by atoms with Crippen LogP contribution in [0.25, 0.3) is 11.0 Å². The number of rotatable bonds is 7. The van der Waals surface area contributed by atoms with Gasteiger partial charge in [0, 0.05) is 29.4 Å². The average Bonchev–Trinajstić information content (AvgIpc) is 2.94. The van der Waals surface area contributed by atoms with Gasteiger partial charge in [0.25, 0.3) is 0 Å². The summed E-state index contributed by atoms with van der Waals surface area (Å²) in [6.45, 7) is 0. The van der Waals surface area contributed by atoms with Gasteiger partial charge >= 0.3 is 5.97 Å². The molecule has 0 spiro atoms. The Hall–Kier alpha value is -3.08. The largest absolute Gasteiger partial charge is 0.481 e. The van der Waals surface area contributed by atoms with E-state index in [9.17, 15) is 15.1 Å². The zero-order chi connectivity index (χ0) is 20.9. The van der Waals surface area contributed by atoms with E-state index in [1.165, 1.54) is 18.4 Å². The number of carboxylic acid groups (broad SMARTS) is 1. The minimum Gasteiger partial charge on any atom is -0.481 e. The molecular formula is C25H27NO4. The predicted octanol–water partition coefficient (Wildman–Crippen LogP) is 5.60. The molecule has 0 bridgehead atoms. The summed E-state index contributed by atoms with van der Waals surface area (Å²) >= 11 is 0. The first-order valence-electron chi connectivity index (χ1n) is 10.7. The molecule has 1 unspecified atom stereocenters. The van der Waals surface area contributed by atoms with E-state index in [1.807, 2.05) is 48.5 Å². The highest BCUT2D eigenvalue weighted by molar-refractivity contribution is 6.04. The van der Waals surface area contributed by atoms with Crippen LogP contribution in [0, 0.1) is 5.92 Å².